The molecule has 0 heterocycles. The molecule has 17 heavy (non-hydrogen) atoms. The molecular weight excluding hydrogens is 204 g/mol. The van der Waals surface area contributed by atoms with Gasteiger partial charge in [-0.1, -0.05) is 64.0 Å². The zero-order chi connectivity index (χ0) is 11.9. The van der Waals surface area contributed by atoms with Crippen molar-refractivity contribution in [3.8, 4) is 0 Å². The van der Waals surface area contributed by atoms with E-state index in [1.165, 1.54) is 70.6 Å². The third-order valence-corrected chi connectivity index (χ3v) is 4.69. The van der Waals surface area contributed by atoms with Crippen LogP contribution in [-0.4, -0.2) is 0 Å². The van der Waals surface area contributed by atoms with Crippen molar-refractivity contribution < 1.29 is 0 Å². The molecule has 0 heteroatoms. The van der Waals surface area contributed by atoms with Gasteiger partial charge in [0.2, 0.25) is 0 Å². The molecule has 0 aromatic carbocycles. The fourth-order valence-electron chi connectivity index (χ4n) is 3.30. The Bertz CT molecular complexity index is 222. The lowest BCUT2D eigenvalue weighted by Crippen LogP contribution is -2.02. The van der Waals surface area contributed by atoms with E-state index in [4.69, 9.17) is 0 Å². The molecule has 0 N–H and O–H groups in total. The van der Waals surface area contributed by atoms with E-state index in [1.807, 2.05) is 0 Å². The first-order valence-electron chi connectivity index (χ1n) is 8.08. The first-order valence-corrected chi connectivity index (χ1v) is 8.08. The molecule has 0 radical (unpaired) electrons. The van der Waals surface area contributed by atoms with E-state index in [9.17, 15) is 0 Å². The molecule has 2 rings (SSSR count). The van der Waals surface area contributed by atoms with Gasteiger partial charge >= 0.3 is 0 Å². The molecule has 0 unspecified atom stereocenters. The molecular formula is C17H30. The van der Waals surface area contributed by atoms with Gasteiger partial charge < -0.3 is 0 Å². The average Bonchev–Trinajstić information content (AvgIpc) is 3.12. The number of unbranched alkanes of at least 4 members (excludes halogenated alkanes) is 3. The quantitative estimate of drug-likeness (QED) is 0.390. The number of rotatable bonds is 7. The summed E-state index contributed by atoms with van der Waals surface area (Å²) in [4.78, 5) is 0. The largest absolute Gasteiger partial charge is 0.0851 e. The maximum atomic E-state index is 2.57. The molecule has 2 aliphatic rings. The zero-order valence-corrected chi connectivity index (χ0v) is 11.7. The Morgan fingerprint density at radius 1 is 0.941 bits per heavy atom. The van der Waals surface area contributed by atoms with Gasteiger partial charge in [0, 0.05) is 0 Å². The molecule has 0 bridgehead atoms. The van der Waals surface area contributed by atoms with Gasteiger partial charge in [0.15, 0.2) is 0 Å². The topological polar surface area (TPSA) is 0 Å². The predicted molar refractivity (Wildman–Crippen MR) is 76.1 cm³/mol. The van der Waals surface area contributed by atoms with Gasteiger partial charge in [-0.3, -0.25) is 0 Å². The van der Waals surface area contributed by atoms with Crippen LogP contribution in [-0.2, 0) is 0 Å². The van der Waals surface area contributed by atoms with Crippen LogP contribution in [0.15, 0.2) is 12.2 Å². The molecule has 0 saturated heterocycles. The van der Waals surface area contributed by atoms with E-state index in [2.05, 4.69) is 19.1 Å². The minimum Gasteiger partial charge on any atom is -0.0851 e. The van der Waals surface area contributed by atoms with Crippen LogP contribution < -0.4 is 0 Å². The molecule has 0 aliphatic heterocycles. The molecule has 0 amide bonds. The third kappa shape index (κ3) is 4.85. The second-order valence-corrected chi connectivity index (χ2v) is 6.29. The van der Waals surface area contributed by atoms with Crippen LogP contribution in [0, 0.1) is 17.8 Å². The Hall–Kier alpha value is -0.260. The molecule has 0 nitrogen and oxygen atoms in total. The number of hydrogen-bond acceptors (Lipinski definition) is 0. The maximum Gasteiger partial charge on any atom is -0.0202 e. The summed E-state index contributed by atoms with van der Waals surface area (Å²) in [6.45, 7) is 2.30. The molecule has 98 valence electrons. The Labute approximate surface area is 108 Å². The van der Waals surface area contributed by atoms with Gasteiger partial charge in [-0.25, -0.2) is 0 Å². The highest BCUT2D eigenvalue weighted by Gasteiger charge is 2.33. The van der Waals surface area contributed by atoms with Crippen molar-refractivity contribution >= 4 is 0 Å². The lowest BCUT2D eigenvalue weighted by atomic mass is 9.89. The summed E-state index contributed by atoms with van der Waals surface area (Å²) in [5, 5.41) is 0. The SMILES string of the molecule is CCCCCC[C@@H]1C[C@H]1/C=C/C1CCCCC1. The number of hydrogen-bond donors (Lipinski definition) is 0. The standard InChI is InChI=1S/C17H30/c1-2-3-4-8-11-16-14-17(16)13-12-15-9-6-5-7-10-15/h12-13,15-17H,2-11,14H2,1H3/b13-12+/t16-,17-/m1/s1. The van der Waals surface area contributed by atoms with E-state index in [1.54, 1.807) is 0 Å². The zero-order valence-electron chi connectivity index (χ0n) is 11.7. The maximum absolute atomic E-state index is 2.57. The summed E-state index contributed by atoms with van der Waals surface area (Å²) in [6.07, 6.45) is 21.2. The summed E-state index contributed by atoms with van der Waals surface area (Å²) in [5.41, 5.74) is 0. The van der Waals surface area contributed by atoms with Crippen LogP contribution in [0.4, 0.5) is 0 Å². The van der Waals surface area contributed by atoms with Crippen LogP contribution in [0.1, 0.15) is 77.6 Å². The van der Waals surface area contributed by atoms with Crippen molar-refractivity contribution in [1.29, 1.82) is 0 Å². The van der Waals surface area contributed by atoms with Crippen LogP contribution >= 0.6 is 0 Å². The van der Waals surface area contributed by atoms with Gasteiger partial charge in [-0.05, 0) is 43.4 Å². The summed E-state index contributed by atoms with van der Waals surface area (Å²) in [5.74, 6) is 2.97. The molecule has 0 aromatic rings. The van der Waals surface area contributed by atoms with E-state index < -0.39 is 0 Å². The van der Waals surface area contributed by atoms with Gasteiger partial charge in [0.25, 0.3) is 0 Å². The fraction of sp³-hybridized carbons (Fsp3) is 0.882. The fourth-order valence-corrected chi connectivity index (χ4v) is 3.30. The molecule has 0 aromatic heterocycles. The average molecular weight is 234 g/mol. The second kappa shape index (κ2) is 7.24. The Balaban J connectivity index is 1.54. The van der Waals surface area contributed by atoms with Gasteiger partial charge in [-0.15, -0.1) is 0 Å². The van der Waals surface area contributed by atoms with Crippen molar-refractivity contribution in [2.24, 2.45) is 17.8 Å². The molecule has 2 saturated carbocycles. The lowest BCUT2D eigenvalue weighted by molar-refractivity contribution is 0.418. The van der Waals surface area contributed by atoms with Gasteiger partial charge in [0.1, 0.15) is 0 Å². The van der Waals surface area contributed by atoms with Crippen molar-refractivity contribution in [1.82, 2.24) is 0 Å². The van der Waals surface area contributed by atoms with E-state index >= 15 is 0 Å². The Morgan fingerprint density at radius 3 is 2.53 bits per heavy atom. The molecule has 2 atom stereocenters. The number of allylic oxidation sites excluding steroid dienone is 2. The Kier molecular flexibility index (Phi) is 5.61. The van der Waals surface area contributed by atoms with Gasteiger partial charge in [-0.2, -0.15) is 0 Å². The summed E-state index contributed by atoms with van der Waals surface area (Å²) in [7, 11) is 0. The Morgan fingerprint density at radius 2 is 1.76 bits per heavy atom. The smallest absolute Gasteiger partial charge is 0.0202 e. The van der Waals surface area contributed by atoms with Crippen molar-refractivity contribution in [2.75, 3.05) is 0 Å². The lowest BCUT2D eigenvalue weighted by Gasteiger charge is -2.17. The summed E-state index contributed by atoms with van der Waals surface area (Å²) < 4.78 is 0. The van der Waals surface area contributed by atoms with Crippen LogP contribution in [0.5, 0.6) is 0 Å². The van der Waals surface area contributed by atoms with Crippen LogP contribution in [0.3, 0.4) is 0 Å². The van der Waals surface area contributed by atoms with E-state index in [0.717, 1.165) is 17.8 Å². The van der Waals surface area contributed by atoms with Gasteiger partial charge in [0.05, 0.1) is 0 Å². The monoisotopic (exact) mass is 234 g/mol. The molecule has 0 spiro atoms. The van der Waals surface area contributed by atoms with Crippen LogP contribution in [0.2, 0.25) is 0 Å². The van der Waals surface area contributed by atoms with Crippen molar-refractivity contribution in [2.45, 2.75) is 77.6 Å². The normalized spacial score (nSPS) is 29.9. The second-order valence-electron chi connectivity index (χ2n) is 6.29. The molecule has 2 fully saturated rings. The minimum atomic E-state index is 0.935. The highest BCUT2D eigenvalue weighted by molar-refractivity contribution is 5.03. The molecule has 2 aliphatic carbocycles. The van der Waals surface area contributed by atoms with Crippen molar-refractivity contribution in [3.63, 3.8) is 0 Å². The first kappa shape index (κ1) is 13.2. The summed E-state index contributed by atoms with van der Waals surface area (Å²) >= 11 is 0. The third-order valence-electron chi connectivity index (χ3n) is 4.69. The van der Waals surface area contributed by atoms with E-state index in [-0.39, 0.29) is 0 Å². The first-order chi connectivity index (χ1) is 8.40. The minimum absolute atomic E-state index is 0.935. The highest BCUT2D eigenvalue weighted by Crippen LogP contribution is 2.44. The van der Waals surface area contributed by atoms with Crippen molar-refractivity contribution in [3.05, 3.63) is 12.2 Å². The highest BCUT2D eigenvalue weighted by atomic mass is 14.4. The van der Waals surface area contributed by atoms with Crippen LogP contribution in [0.25, 0.3) is 0 Å². The predicted octanol–water partition coefficient (Wildman–Crippen LogP) is 5.73. The van der Waals surface area contributed by atoms with E-state index in [0.29, 0.717) is 0 Å². The summed E-state index contributed by atoms with van der Waals surface area (Å²) in [6, 6.07) is 0.